The lowest BCUT2D eigenvalue weighted by Crippen LogP contribution is -2.47. The van der Waals surface area contributed by atoms with E-state index in [4.69, 9.17) is 0 Å². The number of rotatable bonds is 4. The second-order valence-corrected chi connectivity index (χ2v) is 7.54. The van der Waals surface area contributed by atoms with Crippen LogP contribution in [0.1, 0.15) is 0 Å². The normalized spacial score (nSPS) is 14.2. The van der Waals surface area contributed by atoms with Crippen LogP contribution in [0.4, 0.5) is 0 Å². The van der Waals surface area contributed by atoms with Gasteiger partial charge in [-0.2, -0.15) is 5.10 Å². The summed E-state index contributed by atoms with van der Waals surface area (Å²) in [5, 5.41) is 9.99. The molecular formula is C24H23N5O. The molecule has 0 atom stereocenters. The van der Waals surface area contributed by atoms with Gasteiger partial charge in [0.1, 0.15) is 6.54 Å². The molecular weight excluding hydrogens is 374 g/mol. The minimum Gasteiger partial charge on any atom is -0.339 e. The Bertz CT molecular complexity index is 1170. The molecule has 0 saturated carbocycles. The summed E-state index contributed by atoms with van der Waals surface area (Å²) in [6.07, 6.45) is 7.56. The van der Waals surface area contributed by atoms with E-state index < -0.39 is 0 Å². The van der Waals surface area contributed by atoms with Crippen molar-refractivity contribution in [1.29, 1.82) is 0 Å². The fraction of sp³-hybridized carbons (Fsp3) is 0.208. The van der Waals surface area contributed by atoms with Gasteiger partial charge >= 0.3 is 0 Å². The smallest absolute Gasteiger partial charge is 0.244 e. The standard InChI is InChI=1S/C24H23N5O/c30-24(28-11-9-25-10-12-28)17-29-16-21(14-27-29)18-5-7-19(8-6-18)23-15-26-13-20-3-1-2-4-22(20)23/h1-8,13-16,25H,9-12,17H2. The van der Waals surface area contributed by atoms with Crippen LogP contribution in [0.3, 0.4) is 0 Å². The van der Waals surface area contributed by atoms with Gasteiger partial charge in [-0.1, -0.05) is 48.5 Å². The molecule has 2 aromatic heterocycles. The zero-order valence-corrected chi connectivity index (χ0v) is 16.7. The Hall–Kier alpha value is -3.51. The first kappa shape index (κ1) is 18.5. The van der Waals surface area contributed by atoms with Gasteiger partial charge in [0.25, 0.3) is 0 Å². The monoisotopic (exact) mass is 397 g/mol. The molecule has 30 heavy (non-hydrogen) atoms. The Labute approximate surface area is 175 Å². The molecule has 1 aliphatic rings. The van der Waals surface area contributed by atoms with E-state index in [1.165, 1.54) is 5.39 Å². The summed E-state index contributed by atoms with van der Waals surface area (Å²) in [5.41, 5.74) is 4.33. The summed E-state index contributed by atoms with van der Waals surface area (Å²) in [5.74, 6) is 0.116. The van der Waals surface area contributed by atoms with E-state index in [0.29, 0.717) is 0 Å². The maximum atomic E-state index is 12.5. The summed E-state index contributed by atoms with van der Waals surface area (Å²) >= 11 is 0. The highest BCUT2D eigenvalue weighted by atomic mass is 16.2. The zero-order chi connectivity index (χ0) is 20.3. The van der Waals surface area contributed by atoms with Crippen LogP contribution < -0.4 is 5.32 Å². The number of carbonyl (C=O) groups is 1. The van der Waals surface area contributed by atoms with Crippen molar-refractivity contribution >= 4 is 16.7 Å². The third-order valence-corrected chi connectivity index (χ3v) is 5.60. The Balaban J connectivity index is 1.34. The lowest BCUT2D eigenvalue weighted by atomic mass is 9.99. The number of nitrogens with one attached hydrogen (secondary N) is 1. The molecule has 0 radical (unpaired) electrons. The van der Waals surface area contributed by atoms with Crippen molar-refractivity contribution in [2.45, 2.75) is 6.54 Å². The minimum atomic E-state index is 0.116. The van der Waals surface area contributed by atoms with Crippen LogP contribution in [0.15, 0.2) is 73.3 Å². The number of aromatic nitrogens is 3. The molecule has 2 aromatic carbocycles. The number of hydrogen-bond donors (Lipinski definition) is 1. The van der Waals surface area contributed by atoms with E-state index in [2.05, 4.69) is 57.9 Å². The molecule has 1 fully saturated rings. The van der Waals surface area contributed by atoms with Crippen molar-refractivity contribution in [3.05, 3.63) is 73.3 Å². The minimum absolute atomic E-state index is 0.116. The predicted molar refractivity (Wildman–Crippen MR) is 118 cm³/mol. The first-order valence-corrected chi connectivity index (χ1v) is 10.2. The van der Waals surface area contributed by atoms with Crippen LogP contribution in [-0.2, 0) is 11.3 Å². The van der Waals surface area contributed by atoms with Crippen LogP contribution in [-0.4, -0.2) is 51.8 Å². The molecule has 0 unspecified atom stereocenters. The number of nitrogens with zero attached hydrogens (tertiary/aromatic N) is 4. The summed E-state index contributed by atoms with van der Waals surface area (Å²) < 4.78 is 1.72. The van der Waals surface area contributed by atoms with Crippen molar-refractivity contribution < 1.29 is 4.79 Å². The maximum Gasteiger partial charge on any atom is 0.244 e. The Morgan fingerprint density at radius 2 is 1.67 bits per heavy atom. The SMILES string of the molecule is O=C(Cn1cc(-c2ccc(-c3cncc4ccccc34)cc2)cn1)N1CCNCC1. The van der Waals surface area contributed by atoms with Crippen LogP contribution >= 0.6 is 0 Å². The molecule has 4 aromatic rings. The fourth-order valence-corrected chi connectivity index (χ4v) is 3.94. The molecule has 1 N–H and O–H groups in total. The van der Waals surface area contributed by atoms with Crippen molar-refractivity contribution in [1.82, 2.24) is 25.0 Å². The molecule has 1 aliphatic heterocycles. The van der Waals surface area contributed by atoms with E-state index in [9.17, 15) is 4.79 Å². The number of fused-ring (bicyclic) bond motifs is 1. The first-order chi connectivity index (χ1) is 14.8. The molecule has 6 nitrogen and oxygen atoms in total. The summed E-state index contributed by atoms with van der Waals surface area (Å²) in [6.45, 7) is 3.51. The Kier molecular flexibility index (Phi) is 4.99. The number of hydrogen-bond acceptors (Lipinski definition) is 4. The van der Waals surface area contributed by atoms with Crippen molar-refractivity contribution in [3.8, 4) is 22.3 Å². The van der Waals surface area contributed by atoms with Gasteiger partial charge in [-0.3, -0.25) is 14.5 Å². The quantitative estimate of drug-likeness (QED) is 0.574. The molecule has 1 amide bonds. The average molecular weight is 397 g/mol. The molecule has 0 aliphatic carbocycles. The van der Waals surface area contributed by atoms with Gasteiger partial charge in [-0.05, 0) is 16.5 Å². The maximum absolute atomic E-state index is 12.5. The number of amides is 1. The van der Waals surface area contributed by atoms with E-state index in [0.717, 1.165) is 53.8 Å². The van der Waals surface area contributed by atoms with E-state index in [-0.39, 0.29) is 12.5 Å². The van der Waals surface area contributed by atoms with Gasteiger partial charge in [0.15, 0.2) is 0 Å². The molecule has 0 spiro atoms. The molecule has 5 rings (SSSR count). The summed E-state index contributed by atoms with van der Waals surface area (Å²) in [6, 6.07) is 16.7. The Morgan fingerprint density at radius 1 is 0.900 bits per heavy atom. The van der Waals surface area contributed by atoms with Crippen molar-refractivity contribution in [3.63, 3.8) is 0 Å². The molecule has 1 saturated heterocycles. The van der Waals surface area contributed by atoms with Crippen molar-refractivity contribution in [2.75, 3.05) is 26.2 Å². The average Bonchev–Trinajstić information content (AvgIpc) is 3.28. The summed E-state index contributed by atoms with van der Waals surface area (Å²) in [4.78, 5) is 18.7. The van der Waals surface area contributed by atoms with Crippen LogP contribution in [0, 0.1) is 0 Å². The highest BCUT2D eigenvalue weighted by molar-refractivity contribution is 5.95. The molecule has 0 bridgehead atoms. The van der Waals surface area contributed by atoms with Gasteiger partial charge in [0.05, 0.1) is 6.20 Å². The Morgan fingerprint density at radius 3 is 2.50 bits per heavy atom. The first-order valence-electron chi connectivity index (χ1n) is 10.2. The topological polar surface area (TPSA) is 63.1 Å². The van der Waals surface area contributed by atoms with Crippen LogP contribution in [0.5, 0.6) is 0 Å². The fourth-order valence-electron chi connectivity index (χ4n) is 3.94. The van der Waals surface area contributed by atoms with Gasteiger partial charge < -0.3 is 10.2 Å². The largest absolute Gasteiger partial charge is 0.339 e. The third kappa shape index (κ3) is 3.69. The van der Waals surface area contributed by atoms with E-state index >= 15 is 0 Å². The van der Waals surface area contributed by atoms with Gasteiger partial charge in [0, 0.05) is 61.3 Å². The highest BCUT2D eigenvalue weighted by Crippen LogP contribution is 2.29. The van der Waals surface area contributed by atoms with E-state index in [1.54, 1.807) is 4.68 Å². The number of piperazine rings is 1. The number of benzene rings is 2. The lowest BCUT2D eigenvalue weighted by molar-refractivity contribution is -0.132. The zero-order valence-electron chi connectivity index (χ0n) is 16.7. The number of pyridine rings is 1. The predicted octanol–water partition coefficient (Wildman–Crippen LogP) is 3.20. The van der Waals surface area contributed by atoms with Crippen molar-refractivity contribution in [2.24, 2.45) is 0 Å². The second kappa shape index (κ2) is 8.08. The third-order valence-electron chi connectivity index (χ3n) is 5.60. The molecule has 3 heterocycles. The summed E-state index contributed by atoms with van der Waals surface area (Å²) in [7, 11) is 0. The van der Waals surface area contributed by atoms with Gasteiger partial charge in [-0.15, -0.1) is 0 Å². The van der Waals surface area contributed by atoms with Crippen LogP contribution in [0.25, 0.3) is 33.0 Å². The van der Waals surface area contributed by atoms with Gasteiger partial charge in [0.2, 0.25) is 5.91 Å². The number of carbonyl (C=O) groups excluding carboxylic acids is 1. The molecule has 150 valence electrons. The lowest BCUT2D eigenvalue weighted by Gasteiger charge is -2.27. The van der Waals surface area contributed by atoms with E-state index in [1.807, 2.05) is 35.8 Å². The van der Waals surface area contributed by atoms with Gasteiger partial charge in [-0.25, -0.2) is 0 Å². The molecule has 6 heteroatoms. The second-order valence-electron chi connectivity index (χ2n) is 7.54. The highest BCUT2D eigenvalue weighted by Gasteiger charge is 2.17. The van der Waals surface area contributed by atoms with Crippen LogP contribution in [0.2, 0.25) is 0 Å².